The fraction of sp³-hybridized carbons (Fsp3) is 0.619. The Morgan fingerprint density at radius 3 is 2.04 bits per heavy atom. The summed E-state index contributed by atoms with van der Waals surface area (Å²) in [4.78, 5) is 0. The molecule has 0 aliphatic heterocycles. The van der Waals surface area contributed by atoms with E-state index in [9.17, 15) is 0 Å². The molecule has 5 saturated carbocycles. The molecule has 1 heterocycles. The first kappa shape index (κ1) is 13.6. The second kappa shape index (κ2) is 4.71. The van der Waals surface area contributed by atoms with Crippen molar-refractivity contribution in [3.8, 4) is 11.4 Å². The van der Waals surface area contributed by atoms with Crippen LogP contribution in [0.15, 0.2) is 30.3 Å². The lowest BCUT2D eigenvalue weighted by atomic mass is 9.49. The van der Waals surface area contributed by atoms with Gasteiger partial charge in [0.15, 0.2) is 5.82 Å². The molecule has 0 atom stereocenters. The average molecular weight is 319 g/mol. The highest BCUT2D eigenvalue weighted by Crippen LogP contribution is 2.61. The molecule has 1 aromatic heterocycles. The zero-order valence-corrected chi connectivity index (χ0v) is 14.2. The van der Waals surface area contributed by atoms with E-state index in [4.69, 9.17) is 10.2 Å². The topological polar surface area (TPSA) is 30.7 Å². The normalized spacial score (nSPS) is 37.1. The molecule has 0 spiro atoms. The van der Waals surface area contributed by atoms with E-state index in [0.29, 0.717) is 11.5 Å². The van der Waals surface area contributed by atoms with Crippen LogP contribution in [0.5, 0.6) is 0 Å². The van der Waals surface area contributed by atoms with Crippen molar-refractivity contribution in [1.82, 2.24) is 14.8 Å². The van der Waals surface area contributed by atoms with Gasteiger partial charge >= 0.3 is 0 Å². The van der Waals surface area contributed by atoms with Gasteiger partial charge in [0.2, 0.25) is 0 Å². The van der Waals surface area contributed by atoms with Gasteiger partial charge in [0, 0.05) is 17.0 Å². The maximum absolute atomic E-state index is 4.86. The highest BCUT2D eigenvalue weighted by atomic mass is 15.3. The van der Waals surface area contributed by atoms with Crippen molar-refractivity contribution in [3.63, 3.8) is 0 Å². The smallest absolute Gasteiger partial charge is 0.164 e. The summed E-state index contributed by atoms with van der Waals surface area (Å²) in [5.74, 6) is 5.34. The molecule has 5 aliphatic carbocycles. The summed E-state index contributed by atoms with van der Waals surface area (Å²) in [6, 6.07) is 11.3. The minimum absolute atomic E-state index is 0.345. The summed E-state index contributed by atoms with van der Waals surface area (Å²) in [6.45, 7) is 0. The highest BCUT2D eigenvalue weighted by Gasteiger charge is 2.54. The van der Waals surface area contributed by atoms with Gasteiger partial charge in [-0.2, -0.15) is 0 Å². The molecule has 2 aromatic rings. The van der Waals surface area contributed by atoms with Crippen molar-refractivity contribution in [2.45, 2.75) is 62.8 Å². The Morgan fingerprint density at radius 2 is 1.46 bits per heavy atom. The van der Waals surface area contributed by atoms with Crippen molar-refractivity contribution in [2.24, 2.45) is 17.8 Å². The lowest BCUT2D eigenvalue weighted by Crippen LogP contribution is -2.49. The monoisotopic (exact) mass is 319 g/mol. The first-order valence-corrected chi connectivity index (χ1v) is 9.81. The van der Waals surface area contributed by atoms with E-state index < -0.39 is 0 Å². The van der Waals surface area contributed by atoms with Crippen LogP contribution in [0.2, 0.25) is 0 Å². The Hall–Kier alpha value is -1.64. The van der Waals surface area contributed by atoms with E-state index in [0.717, 1.165) is 23.6 Å². The Bertz CT molecular complexity index is 736. The highest BCUT2D eigenvalue weighted by molar-refractivity contribution is 5.56. The molecule has 3 heteroatoms. The van der Waals surface area contributed by atoms with Crippen LogP contribution in [0, 0.1) is 17.8 Å². The number of nitrogens with zero attached hydrogens (tertiary/aromatic N) is 3. The van der Waals surface area contributed by atoms with Crippen molar-refractivity contribution in [3.05, 3.63) is 36.2 Å². The standard InChI is InChI=1S/C21H25N3/c1-2-4-17(5-3-1)19-22-23-20(24(19)18-6-7-18)21-11-14-8-15(12-21)10-16(9-14)13-21/h1-5,14-16,18H,6-13H2. The van der Waals surface area contributed by atoms with E-state index in [1.54, 1.807) is 0 Å². The molecular formula is C21H25N3. The van der Waals surface area contributed by atoms with Crippen molar-refractivity contribution >= 4 is 0 Å². The van der Waals surface area contributed by atoms with Crippen molar-refractivity contribution in [2.75, 3.05) is 0 Å². The van der Waals surface area contributed by atoms with Crippen LogP contribution in [0.25, 0.3) is 11.4 Å². The number of benzene rings is 1. The molecule has 0 amide bonds. The van der Waals surface area contributed by atoms with Crippen molar-refractivity contribution < 1.29 is 0 Å². The van der Waals surface area contributed by atoms with Crippen molar-refractivity contribution in [1.29, 1.82) is 0 Å². The second-order valence-corrected chi connectivity index (χ2v) is 9.01. The molecule has 0 radical (unpaired) electrons. The minimum Gasteiger partial charge on any atom is -0.307 e. The van der Waals surface area contributed by atoms with Gasteiger partial charge in [-0.25, -0.2) is 0 Å². The van der Waals surface area contributed by atoms with Crippen LogP contribution >= 0.6 is 0 Å². The lowest BCUT2D eigenvalue weighted by Gasteiger charge is -2.56. The molecule has 1 aromatic carbocycles. The van der Waals surface area contributed by atoms with E-state index in [2.05, 4.69) is 34.9 Å². The van der Waals surface area contributed by atoms with Crippen LogP contribution in [-0.2, 0) is 5.41 Å². The molecule has 5 fully saturated rings. The van der Waals surface area contributed by atoms with Crippen LogP contribution in [0.3, 0.4) is 0 Å². The fourth-order valence-corrected chi connectivity index (χ4v) is 6.50. The van der Waals surface area contributed by atoms with Crippen LogP contribution in [-0.4, -0.2) is 14.8 Å². The third kappa shape index (κ3) is 1.90. The summed E-state index contributed by atoms with van der Waals surface area (Å²) in [5.41, 5.74) is 1.57. The SMILES string of the molecule is c1ccc(-c2nnc(C34CC5CC(CC(C5)C3)C4)n2C2CC2)cc1. The summed E-state index contributed by atoms with van der Waals surface area (Å²) in [7, 11) is 0. The largest absolute Gasteiger partial charge is 0.307 e. The predicted octanol–water partition coefficient (Wildman–Crippen LogP) is 4.75. The summed E-state index contributed by atoms with van der Waals surface area (Å²) >= 11 is 0. The third-order valence-corrected chi connectivity index (χ3v) is 7.15. The van der Waals surface area contributed by atoms with Crippen LogP contribution in [0.4, 0.5) is 0 Å². The number of hydrogen-bond donors (Lipinski definition) is 0. The third-order valence-electron chi connectivity index (χ3n) is 7.15. The average Bonchev–Trinajstić information content (AvgIpc) is 3.32. The van der Waals surface area contributed by atoms with E-state index in [1.165, 1.54) is 62.8 Å². The number of aromatic nitrogens is 3. The minimum atomic E-state index is 0.345. The summed E-state index contributed by atoms with van der Waals surface area (Å²) in [5, 5.41) is 9.57. The zero-order chi connectivity index (χ0) is 15.7. The van der Waals surface area contributed by atoms with E-state index in [-0.39, 0.29) is 0 Å². The molecule has 124 valence electrons. The fourth-order valence-electron chi connectivity index (χ4n) is 6.50. The number of hydrogen-bond acceptors (Lipinski definition) is 2. The Labute approximate surface area is 143 Å². The van der Waals surface area contributed by atoms with Gasteiger partial charge in [0.05, 0.1) is 0 Å². The molecule has 0 N–H and O–H groups in total. The Kier molecular flexibility index (Phi) is 2.67. The Balaban J connectivity index is 1.49. The van der Waals surface area contributed by atoms with Gasteiger partial charge in [-0.3, -0.25) is 0 Å². The predicted molar refractivity (Wildman–Crippen MR) is 93.6 cm³/mol. The summed E-state index contributed by atoms with van der Waals surface area (Å²) < 4.78 is 2.56. The maximum atomic E-state index is 4.86. The molecule has 24 heavy (non-hydrogen) atoms. The van der Waals surface area contributed by atoms with Gasteiger partial charge in [-0.1, -0.05) is 30.3 Å². The van der Waals surface area contributed by atoms with Gasteiger partial charge in [-0.05, 0) is 69.1 Å². The van der Waals surface area contributed by atoms with E-state index >= 15 is 0 Å². The van der Waals surface area contributed by atoms with Gasteiger partial charge in [-0.15, -0.1) is 10.2 Å². The molecular weight excluding hydrogens is 294 g/mol. The molecule has 5 aliphatic rings. The van der Waals surface area contributed by atoms with Gasteiger partial charge in [0.25, 0.3) is 0 Å². The Morgan fingerprint density at radius 1 is 0.833 bits per heavy atom. The molecule has 0 unspecified atom stereocenters. The molecule has 3 nitrogen and oxygen atoms in total. The second-order valence-electron chi connectivity index (χ2n) is 9.01. The van der Waals surface area contributed by atoms with E-state index in [1.807, 2.05) is 0 Å². The first-order chi connectivity index (χ1) is 11.8. The summed E-state index contributed by atoms with van der Waals surface area (Å²) in [6.07, 6.45) is 11.2. The number of rotatable bonds is 3. The van der Waals surface area contributed by atoms with Crippen LogP contribution < -0.4 is 0 Å². The van der Waals surface area contributed by atoms with Gasteiger partial charge in [0.1, 0.15) is 5.82 Å². The molecule has 4 bridgehead atoms. The lowest BCUT2D eigenvalue weighted by molar-refractivity contribution is -0.0111. The van der Waals surface area contributed by atoms with Gasteiger partial charge < -0.3 is 4.57 Å². The van der Waals surface area contributed by atoms with Crippen LogP contribution in [0.1, 0.15) is 63.2 Å². The first-order valence-electron chi connectivity index (χ1n) is 9.81. The zero-order valence-electron chi connectivity index (χ0n) is 14.2. The molecule has 7 rings (SSSR count). The quantitative estimate of drug-likeness (QED) is 0.817. The maximum Gasteiger partial charge on any atom is 0.164 e. The molecule has 0 saturated heterocycles.